The van der Waals surface area contributed by atoms with Crippen LogP contribution in [0.4, 0.5) is 5.69 Å². The molecular formula is C24H25N3O3. The molecule has 3 rings (SSSR count). The van der Waals surface area contributed by atoms with E-state index in [2.05, 4.69) is 10.3 Å². The van der Waals surface area contributed by atoms with Gasteiger partial charge in [0, 0.05) is 36.7 Å². The standard InChI is InChI=1S/C24H25N3O3/c1-3-27(4-2)24(29)19-8-7-9-20(16-19)26-23(28)21-10-5-6-11-22(21)30-17-18-12-14-25-15-13-18/h5-16H,3-4,17H2,1-2H3,(H,26,28). The molecule has 6 heteroatoms. The fourth-order valence-corrected chi connectivity index (χ4v) is 3.04. The van der Waals surface area contributed by atoms with E-state index in [0.29, 0.717) is 42.3 Å². The topological polar surface area (TPSA) is 71.5 Å². The van der Waals surface area contributed by atoms with Gasteiger partial charge in [0.25, 0.3) is 11.8 Å². The van der Waals surface area contributed by atoms with E-state index in [9.17, 15) is 9.59 Å². The normalized spacial score (nSPS) is 10.3. The molecule has 0 fully saturated rings. The van der Waals surface area contributed by atoms with Crippen LogP contribution < -0.4 is 10.1 Å². The van der Waals surface area contributed by atoms with E-state index in [1.54, 1.807) is 59.8 Å². The summed E-state index contributed by atoms with van der Waals surface area (Å²) in [6, 6.07) is 17.8. The molecule has 6 nitrogen and oxygen atoms in total. The predicted octanol–water partition coefficient (Wildman–Crippen LogP) is 4.39. The van der Waals surface area contributed by atoms with Crippen LogP contribution in [0.2, 0.25) is 0 Å². The third-order valence-electron chi connectivity index (χ3n) is 4.69. The maximum Gasteiger partial charge on any atom is 0.259 e. The van der Waals surface area contributed by atoms with E-state index >= 15 is 0 Å². The van der Waals surface area contributed by atoms with E-state index < -0.39 is 0 Å². The number of benzene rings is 2. The van der Waals surface area contributed by atoms with Crippen LogP contribution in [0.25, 0.3) is 0 Å². The molecule has 0 bridgehead atoms. The molecule has 30 heavy (non-hydrogen) atoms. The van der Waals surface area contributed by atoms with Crippen molar-refractivity contribution < 1.29 is 14.3 Å². The number of amides is 2. The highest BCUT2D eigenvalue weighted by Gasteiger charge is 2.15. The van der Waals surface area contributed by atoms with Gasteiger partial charge in [-0.05, 0) is 61.9 Å². The molecule has 0 aliphatic heterocycles. The number of pyridine rings is 1. The number of carbonyl (C=O) groups excluding carboxylic acids is 2. The maximum atomic E-state index is 12.9. The third kappa shape index (κ3) is 5.23. The Kier molecular flexibility index (Phi) is 7.16. The first-order valence-corrected chi connectivity index (χ1v) is 9.93. The van der Waals surface area contributed by atoms with Gasteiger partial charge in [0.1, 0.15) is 12.4 Å². The summed E-state index contributed by atoms with van der Waals surface area (Å²) in [5.74, 6) is 0.132. The summed E-state index contributed by atoms with van der Waals surface area (Å²) in [6.45, 7) is 5.48. The van der Waals surface area contributed by atoms with Crippen LogP contribution in [0.5, 0.6) is 5.75 Å². The highest BCUT2D eigenvalue weighted by molar-refractivity contribution is 6.06. The Morgan fingerprint density at radius 1 is 0.967 bits per heavy atom. The number of hydrogen-bond acceptors (Lipinski definition) is 4. The van der Waals surface area contributed by atoms with Gasteiger partial charge < -0.3 is 15.0 Å². The second-order valence-corrected chi connectivity index (χ2v) is 6.65. The van der Waals surface area contributed by atoms with E-state index in [1.165, 1.54) is 0 Å². The van der Waals surface area contributed by atoms with Gasteiger partial charge in [-0.2, -0.15) is 0 Å². The van der Waals surface area contributed by atoms with Gasteiger partial charge >= 0.3 is 0 Å². The first-order chi connectivity index (χ1) is 14.6. The third-order valence-corrected chi connectivity index (χ3v) is 4.69. The predicted molar refractivity (Wildman–Crippen MR) is 117 cm³/mol. The zero-order chi connectivity index (χ0) is 21.3. The monoisotopic (exact) mass is 403 g/mol. The number of carbonyl (C=O) groups is 2. The van der Waals surface area contributed by atoms with Crippen LogP contribution in [-0.2, 0) is 6.61 Å². The van der Waals surface area contributed by atoms with Crippen molar-refractivity contribution >= 4 is 17.5 Å². The van der Waals surface area contributed by atoms with Crippen molar-refractivity contribution in [3.8, 4) is 5.75 Å². The van der Waals surface area contributed by atoms with Crippen LogP contribution in [0, 0.1) is 0 Å². The maximum absolute atomic E-state index is 12.9. The number of rotatable bonds is 8. The molecule has 0 atom stereocenters. The zero-order valence-electron chi connectivity index (χ0n) is 17.2. The van der Waals surface area contributed by atoms with Crippen molar-refractivity contribution in [1.29, 1.82) is 0 Å². The molecule has 1 N–H and O–H groups in total. The molecule has 0 saturated carbocycles. The number of anilines is 1. The van der Waals surface area contributed by atoms with E-state index in [4.69, 9.17) is 4.74 Å². The largest absolute Gasteiger partial charge is 0.488 e. The van der Waals surface area contributed by atoms with Gasteiger partial charge in [-0.25, -0.2) is 0 Å². The summed E-state index contributed by atoms with van der Waals surface area (Å²) >= 11 is 0. The van der Waals surface area contributed by atoms with Crippen LogP contribution in [0.3, 0.4) is 0 Å². The second kappa shape index (κ2) is 10.2. The Morgan fingerprint density at radius 3 is 2.43 bits per heavy atom. The Hall–Kier alpha value is -3.67. The van der Waals surface area contributed by atoms with Gasteiger partial charge in [-0.3, -0.25) is 14.6 Å². The minimum absolute atomic E-state index is 0.0582. The molecule has 0 unspecified atom stereocenters. The van der Waals surface area contributed by atoms with Gasteiger partial charge in [0.2, 0.25) is 0 Å². The highest BCUT2D eigenvalue weighted by atomic mass is 16.5. The van der Waals surface area contributed by atoms with Crippen LogP contribution in [0.15, 0.2) is 73.1 Å². The quantitative estimate of drug-likeness (QED) is 0.605. The lowest BCUT2D eigenvalue weighted by atomic mass is 10.1. The molecule has 0 radical (unpaired) electrons. The molecule has 0 spiro atoms. The number of ether oxygens (including phenoxy) is 1. The summed E-state index contributed by atoms with van der Waals surface area (Å²) in [5, 5.41) is 2.87. The van der Waals surface area contributed by atoms with Gasteiger partial charge in [0.15, 0.2) is 0 Å². The van der Waals surface area contributed by atoms with E-state index in [1.807, 2.05) is 32.0 Å². The molecule has 154 valence electrons. The number of hydrogen-bond donors (Lipinski definition) is 1. The minimum Gasteiger partial charge on any atom is -0.488 e. The van der Waals surface area contributed by atoms with Crippen molar-refractivity contribution in [3.63, 3.8) is 0 Å². The lowest BCUT2D eigenvalue weighted by Gasteiger charge is -2.19. The van der Waals surface area contributed by atoms with Crippen LogP contribution in [-0.4, -0.2) is 34.8 Å². The van der Waals surface area contributed by atoms with Gasteiger partial charge in [0.05, 0.1) is 5.56 Å². The number of nitrogens with zero attached hydrogens (tertiary/aromatic N) is 2. The molecule has 0 aliphatic rings. The fourth-order valence-electron chi connectivity index (χ4n) is 3.04. The molecule has 2 aromatic carbocycles. The second-order valence-electron chi connectivity index (χ2n) is 6.65. The lowest BCUT2D eigenvalue weighted by Crippen LogP contribution is -2.30. The number of para-hydroxylation sites is 1. The number of nitrogens with one attached hydrogen (secondary N) is 1. The van der Waals surface area contributed by atoms with Crippen molar-refractivity contribution in [2.45, 2.75) is 20.5 Å². The fraction of sp³-hybridized carbons (Fsp3) is 0.208. The van der Waals surface area contributed by atoms with Gasteiger partial charge in [-0.15, -0.1) is 0 Å². The molecule has 3 aromatic rings. The highest BCUT2D eigenvalue weighted by Crippen LogP contribution is 2.21. The lowest BCUT2D eigenvalue weighted by molar-refractivity contribution is 0.0772. The van der Waals surface area contributed by atoms with Crippen molar-refractivity contribution in [1.82, 2.24) is 9.88 Å². The van der Waals surface area contributed by atoms with Crippen molar-refractivity contribution in [3.05, 3.63) is 89.7 Å². The first kappa shape index (κ1) is 21.0. The molecular weight excluding hydrogens is 378 g/mol. The van der Waals surface area contributed by atoms with Gasteiger partial charge in [-0.1, -0.05) is 18.2 Å². The Labute approximate surface area is 176 Å². The number of aromatic nitrogens is 1. The Balaban J connectivity index is 1.74. The smallest absolute Gasteiger partial charge is 0.259 e. The summed E-state index contributed by atoms with van der Waals surface area (Å²) in [7, 11) is 0. The molecule has 2 amide bonds. The van der Waals surface area contributed by atoms with E-state index in [0.717, 1.165) is 5.56 Å². The Morgan fingerprint density at radius 2 is 1.70 bits per heavy atom. The van der Waals surface area contributed by atoms with E-state index in [-0.39, 0.29) is 11.8 Å². The van der Waals surface area contributed by atoms with Crippen molar-refractivity contribution in [2.24, 2.45) is 0 Å². The summed E-state index contributed by atoms with van der Waals surface area (Å²) in [4.78, 5) is 31.2. The van der Waals surface area contributed by atoms with Crippen molar-refractivity contribution in [2.75, 3.05) is 18.4 Å². The first-order valence-electron chi connectivity index (χ1n) is 9.93. The molecule has 1 heterocycles. The minimum atomic E-state index is -0.298. The van der Waals surface area contributed by atoms with Crippen LogP contribution in [0.1, 0.15) is 40.1 Å². The Bertz CT molecular complexity index is 1000. The molecule has 1 aromatic heterocycles. The molecule has 0 saturated heterocycles. The summed E-state index contributed by atoms with van der Waals surface area (Å²) < 4.78 is 5.86. The molecule has 0 aliphatic carbocycles. The average Bonchev–Trinajstić information content (AvgIpc) is 2.79. The SMILES string of the molecule is CCN(CC)C(=O)c1cccc(NC(=O)c2ccccc2OCc2ccncc2)c1. The van der Waals surface area contributed by atoms with Crippen LogP contribution >= 0.6 is 0 Å². The zero-order valence-corrected chi connectivity index (χ0v) is 17.2. The summed E-state index contributed by atoms with van der Waals surface area (Å²) in [5.41, 5.74) is 2.48. The summed E-state index contributed by atoms with van der Waals surface area (Å²) in [6.07, 6.45) is 3.40. The average molecular weight is 403 g/mol.